The first-order chi connectivity index (χ1) is 9.27. The molecule has 0 bridgehead atoms. The third-order valence-corrected chi connectivity index (χ3v) is 3.92. The number of furan rings is 1. The van der Waals surface area contributed by atoms with E-state index >= 15 is 0 Å². The van der Waals surface area contributed by atoms with Crippen LogP contribution in [0.25, 0.3) is 32.7 Å². The van der Waals surface area contributed by atoms with Gasteiger partial charge in [-0.05, 0) is 16.9 Å². The Labute approximate surface area is 116 Å². The van der Waals surface area contributed by atoms with Crippen molar-refractivity contribution in [1.29, 1.82) is 0 Å². The molecule has 0 atom stereocenters. The van der Waals surface area contributed by atoms with Crippen molar-refractivity contribution in [3.8, 4) is 0 Å². The number of fused-ring (bicyclic) bond motifs is 5. The molecule has 2 radical (unpaired) electrons. The number of halogens is 1. The van der Waals surface area contributed by atoms with Gasteiger partial charge in [0, 0.05) is 21.2 Å². The van der Waals surface area contributed by atoms with Gasteiger partial charge in [-0.2, -0.15) is 0 Å². The number of para-hydroxylation sites is 1. The molecule has 0 aliphatic rings. The second-order valence-corrected chi connectivity index (χ2v) is 4.95. The summed E-state index contributed by atoms with van der Waals surface area (Å²) in [6, 6.07) is 15.9. The highest BCUT2D eigenvalue weighted by Gasteiger charge is 2.15. The minimum absolute atomic E-state index is 0.506. The highest BCUT2D eigenvalue weighted by molar-refractivity contribution is 6.53. The van der Waals surface area contributed by atoms with Crippen LogP contribution in [0.15, 0.2) is 52.9 Å². The molecule has 0 fully saturated rings. The minimum Gasteiger partial charge on any atom is -0.457 e. The van der Waals surface area contributed by atoms with Crippen molar-refractivity contribution >= 4 is 57.6 Å². The van der Waals surface area contributed by atoms with Crippen molar-refractivity contribution in [2.24, 2.45) is 0 Å². The van der Waals surface area contributed by atoms with Gasteiger partial charge in [-0.3, -0.25) is 0 Å². The Morgan fingerprint density at radius 2 is 1.47 bits per heavy atom. The predicted octanol–water partition coefficient (Wildman–Crippen LogP) is 4.19. The first-order valence-electron chi connectivity index (χ1n) is 6.04. The van der Waals surface area contributed by atoms with Gasteiger partial charge in [0.1, 0.15) is 19.0 Å². The quantitative estimate of drug-likeness (QED) is 0.433. The zero-order valence-electron chi connectivity index (χ0n) is 9.98. The van der Waals surface area contributed by atoms with Crippen LogP contribution >= 0.6 is 11.6 Å². The number of hydrogen-bond donors (Lipinski definition) is 0. The van der Waals surface area contributed by atoms with Gasteiger partial charge in [0.25, 0.3) is 0 Å². The monoisotopic (exact) mass is 262 g/mol. The van der Waals surface area contributed by atoms with Gasteiger partial charge in [-0.25, -0.2) is 0 Å². The molecule has 0 aliphatic heterocycles. The molecule has 19 heavy (non-hydrogen) atoms. The summed E-state index contributed by atoms with van der Waals surface area (Å²) in [5, 5.41) is 4.69. The first kappa shape index (κ1) is 10.9. The standard InChI is InChI=1S/C16H8BClO/c17-14-15(18)10-6-2-1-5-9(10)13-11-7-3-4-8-12(11)19-16(13)14/h1-8H. The highest BCUT2D eigenvalue weighted by Crippen LogP contribution is 2.36. The van der Waals surface area contributed by atoms with Crippen LogP contribution in [0.2, 0.25) is 5.02 Å². The molecule has 0 saturated heterocycles. The number of benzene rings is 3. The summed E-state index contributed by atoms with van der Waals surface area (Å²) in [5.74, 6) is 0. The van der Waals surface area contributed by atoms with E-state index < -0.39 is 0 Å². The van der Waals surface area contributed by atoms with Crippen molar-refractivity contribution in [2.75, 3.05) is 0 Å². The number of hydrogen-bond acceptors (Lipinski definition) is 1. The van der Waals surface area contributed by atoms with Gasteiger partial charge in [0.15, 0.2) is 0 Å². The van der Waals surface area contributed by atoms with E-state index in [9.17, 15) is 0 Å². The van der Waals surface area contributed by atoms with Crippen LogP contribution in [-0.2, 0) is 0 Å². The molecular weight excluding hydrogens is 254 g/mol. The first-order valence-corrected chi connectivity index (χ1v) is 6.42. The zero-order chi connectivity index (χ0) is 13.0. The van der Waals surface area contributed by atoms with Crippen molar-refractivity contribution < 1.29 is 4.42 Å². The lowest BCUT2D eigenvalue weighted by molar-refractivity contribution is 0.672. The molecule has 88 valence electrons. The summed E-state index contributed by atoms with van der Waals surface area (Å²) >= 11 is 6.35. The van der Waals surface area contributed by atoms with Gasteiger partial charge in [0.05, 0.1) is 0 Å². The topological polar surface area (TPSA) is 13.1 Å². The van der Waals surface area contributed by atoms with Gasteiger partial charge in [-0.15, -0.1) is 0 Å². The second-order valence-electron chi connectivity index (χ2n) is 4.58. The van der Waals surface area contributed by atoms with E-state index in [4.69, 9.17) is 23.9 Å². The summed E-state index contributed by atoms with van der Waals surface area (Å²) in [4.78, 5) is 0. The summed E-state index contributed by atoms with van der Waals surface area (Å²) < 4.78 is 5.86. The average molecular weight is 263 g/mol. The molecule has 1 aromatic heterocycles. The van der Waals surface area contributed by atoms with E-state index in [1.165, 1.54) is 0 Å². The molecule has 0 spiro atoms. The van der Waals surface area contributed by atoms with Crippen molar-refractivity contribution in [3.63, 3.8) is 0 Å². The fourth-order valence-electron chi connectivity index (χ4n) is 2.64. The lowest BCUT2D eigenvalue weighted by atomic mass is 9.90. The summed E-state index contributed by atoms with van der Waals surface area (Å²) in [5.41, 5.74) is 2.01. The normalized spacial score (nSPS) is 11.6. The molecule has 0 aliphatic carbocycles. The molecule has 0 N–H and O–H groups in total. The maximum absolute atomic E-state index is 6.35. The Morgan fingerprint density at radius 3 is 2.26 bits per heavy atom. The molecule has 1 heterocycles. The summed E-state index contributed by atoms with van der Waals surface area (Å²) in [7, 11) is 6.12. The van der Waals surface area contributed by atoms with Gasteiger partial charge in [0.2, 0.25) is 0 Å². The Morgan fingerprint density at radius 1 is 0.842 bits per heavy atom. The molecule has 4 aromatic rings. The Kier molecular flexibility index (Phi) is 2.18. The highest BCUT2D eigenvalue weighted by atomic mass is 35.5. The fraction of sp³-hybridized carbons (Fsp3) is 0. The van der Waals surface area contributed by atoms with E-state index in [1.807, 2.05) is 48.5 Å². The second kappa shape index (κ2) is 3.78. The van der Waals surface area contributed by atoms with Crippen molar-refractivity contribution in [3.05, 3.63) is 53.6 Å². The van der Waals surface area contributed by atoms with E-state index in [1.54, 1.807) is 0 Å². The summed E-state index contributed by atoms with van der Waals surface area (Å²) in [6.45, 7) is 0. The minimum atomic E-state index is 0.506. The van der Waals surface area contributed by atoms with E-state index in [0.29, 0.717) is 16.1 Å². The third kappa shape index (κ3) is 1.38. The molecular formula is C16H8BClO. The van der Waals surface area contributed by atoms with Crippen LogP contribution < -0.4 is 5.46 Å². The number of rotatable bonds is 0. The van der Waals surface area contributed by atoms with Gasteiger partial charge in [-0.1, -0.05) is 54.1 Å². The fourth-order valence-corrected chi connectivity index (χ4v) is 2.89. The van der Waals surface area contributed by atoms with E-state index in [2.05, 4.69) is 0 Å². The lowest BCUT2D eigenvalue weighted by Crippen LogP contribution is -2.05. The SMILES string of the molecule is [B]c1c(Cl)c2ccccc2c2c1oc1ccccc12. The largest absolute Gasteiger partial charge is 0.457 e. The van der Waals surface area contributed by atoms with Crippen molar-refractivity contribution in [1.82, 2.24) is 0 Å². The smallest absolute Gasteiger partial charge is 0.135 e. The van der Waals surface area contributed by atoms with Crippen LogP contribution in [0.5, 0.6) is 0 Å². The van der Waals surface area contributed by atoms with E-state index in [-0.39, 0.29) is 0 Å². The van der Waals surface area contributed by atoms with Crippen LogP contribution in [0, 0.1) is 0 Å². The van der Waals surface area contributed by atoms with Crippen LogP contribution in [0.3, 0.4) is 0 Å². The molecule has 3 heteroatoms. The van der Waals surface area contributed by atoms with Crippen LogP contribution in [-0.4, -0.2) is 7.85 Å². The molecule has 3 aromatic carbocycles. The van der Waals surface area contributed by atoms with Gasteiger partial charge < -0.3 is 4.42 Å². The molecule has 0 amide bonds. The molecule has 0 unspecified atom stereocenters. The van der Waals surface area contributed by atoms with Gasteiger partial charge >= 0.3 is 0 Å². The maximum atomic E-state index is 6.35. The maximum Gasteiger partial charge on any atom is 0.135 e. The van der Waals surface area contributed by atoms with Crippen LogP contribution in [0.1, 0.15) is 0 Å². The Balaban J connectivity index is 2.43. The third-order valence-electron chi connectivity index (χ3n) is 3.51. The van der Waals surface area contributed by atoms with Crippen LogP contribution in [0.4, 0.5) is 0 Å². The molecule has 4 rings (SSSR count). The lowest BCUT2D eigenvalue weighted by Gasteiger charge is -2.06. The molecule has 1 nitrogen and oxygen atoms in total. The zero-order valence-corrected chi connectivity index (χ0v) is 10.7. The molecule has 0 saturated carbocycles. The predicted molar refractivity (Wildman–Crippen MR) is 81.6 cm³/mol. The van der Waals surface area contributed by atoms with Crippen molar-refractivity contribution in [2.45, 2.75) is 0 Å². The Bertz CT molecular complexity index is 940. The Hall–Kier alpha value is -1.93. The average Bonchev–Trinajstić information content (AvgIpc) is 2.84. The summed E-state index contributed by atoms with van der Waals surface area (Å²) in [6.07, 6.45) is 0. The van der Waals surface area contributed by atoms with E-state index in [0.717, 1.165) is 27.1 Å².